The first-order valence-corrected chi connectivity index (χ1v) is 9.50. The molecule has 1 saturated heterocycles. The predicted octanol–water partition coefficient (Wildman–Crippen LogP) is 1.40. The van der Waals surface area contributed by atoms with E-state index in [0.717, 1.165) is 36.5 Å². The fourth-order valence-corrected chi connectivity index (χ4v) is 3.35. The van der Waals surface area contributed by atoms with E-state index in [1.807, 2.05) is 30.3 Å². The van der Waals surface area contributed by atoms with Gasteiger partial charge in [-0.15, -0.1) is 0 Å². The van der Waals surface area contributed by atoms with Gasteiger partial charge in [0.25, 0.3) is 11.6 Å². The number of quaternary nitrogens is 1. The van der Waals surface area contributed by atoms with Crippen LogP contribution in [0.25, 0.3) is 0 Å². The fraction of sp³-hybridized carbons (Fsp3) is 0.300. The maximum atomic E-state index is 12.2. The highest BCUT2D eigenvalue weighted by Crippen LogP contribution is 2.16. The average molecular weight is 398 g/mol. The van der Waals surface area contributed by atoms with Gasteiger partial charge in [-0.2, -0.15) is 0 Å². The molecule has 29 heavy (non-hydrogen) atoms. The monoisotopic (exact) mass is 398 g/mol. The number of rotatable bonds is 6. The Bertz CT molecular complexity index is 866. The number of likely N-dealkylation sites (tertiary alicyclic amines) is 1. The van der Waals surface area contributed by atoms with Gasteiger partial charge in [0.15, 0.2) is 6.54 Å². The molecule has 4 N–H and O–H groups in total. The number of hydrogen-bond acceptors (Lipinski definition) is 4. The van der Waals surface area contributed by atoms with E-state index >= 15 is 0 Å². The number of nitrogens with zero attached hydrogens (tertiary/aromatic N) is 1. The van der Waals surface area contributed by atoms with E-state index < -0.39 is 4.92 Å². The van der Waals surface area contributed by atoms with Crippen LogP contribution in [0.3, 0.4) is 0 Å². The maximum absolute atomic E-state index is 12.2. The summed E-state index contributed by atoms with van der Waals surface area (Å²) in [5.41, 5.74) is 1.10. The number of benzene rings is 2. The Hall–Kier alpha value is -3.46. The Kier molecular flexibility index (Phi) is 6.75. The van der Waals surface area contributed by atoms with Crippen LogP contribution in [-0.4, -0.2) is 42.5 Å². The quantitative estimate of drug-likeness (QED) is 0.435. The number of carbonyl (C=O) groups is 2. The topological polar surface area (TPSA) is 118 Å². The molecule has 0 saturated carbocycles. The number of piperidine rings is 1. The van der Waals surface area contributed by atoms with E-state index in [1.54, 1.807) is 6.07 Å². The molecule has 0 atom stereocenters. The van der Waals surface area contributed by atoms with Crippen molar-refractivity contribution in [2.45, 2.75) is 18.9 Å². The zero-order valence-electron chi connectivity index (χ0n) is 15.9. The van der Waals surface area contributed by atoms with Crippen LogP contribution in [-0.2, 0) is 4.79 Å². The molecule has 0 aliphatic carbocycles. The van der Waals surface area contributed by atoms with Gasteiger partial charge in [0.1, 0.15) is 0 Å². The number of carbonyl (C=O) groups excluding carboxylic acids is 2. The van der Waals surface area contributed by atoms with Crippen LogP contribution in [0.1, 0.15) is 12.8 Å². The number of nitrogens with one attached hydrogen (secondary N) is 4. The first-order valence-electron chi connectivity index (χ1n) is 9.50. The molecule has 3 rings (SSSR count). The van der Waals surface area contributed by atoms with Gasteiger partial charge in [0.05, 0.1) is 18.0 Å². The van der Waals surface area contributed by atoms with Crippen molar-refractivity contribution in [3.63, 3.8) is 0 Å². The molecule has 2 aromatic rings. The molecule has 0 bridgehead atoms. The normalized spacial score (nSPS) is 18.5. The Morgan fingerprint density at radius 1 is 1.00 bits per heavy atom. The molecule has 1 heterocycles. The second kappa shape index (κ2) is 9.65. The van der Waals surface area contributed by atoms with Crippen LogP contribution in [0.15, 0.2) is 54.6 Å². The smallest absolute Gasteiger partial charge is 0.319 e. The highest BCUT2D eigenvalue weighted by Gasteiger charge is 2.25. The molecule has 9 nitrogen and oxygen atoms in total. The number of nitro groups is 1. The zero-order valence-corrected chi connectivity index (χ0v) is 15.9. The lowest BCUT2D eigenvalue weighted by Crippen LogP contribution is -3.14. The summed E-state index contributed by atoms with van der Waals surface area (Å²) in [5.74, 6) is -0.186. The highest BCUT2D eigenvalue weighted by molar-refractivity contribution is 5.91. The minimum Gasteiger partial charge on any atom is -0.335 e. The minimum atomic E-state index is -0.493. The van der Waals surface area contributed by atoms with Crippen LogP contribution in [0, 0.1) is 10.1 Å². The van der Waals surface area contributed by atoms with Crippen molar-refractivity contribution in [2.24, 2.45) is 0 Å². The van der Waals surface area contributed by atoms with Crippen LogP contribution in [0.5, 0.6) is 0 Å². The summed E-state index contributed by atoms with van der Waals surface area (Å²) in [6, 6.07) is 15.0. The van der Waals surface area contributed by atoms with Gasteiger partial charge in [0.2, 0.25) is 0 Å². The van der Waals surface area contributed by atoms with E-state index in [2.05, 4.69) is 16.0 Å². The van der Waals surface area contributed by atoms with Crippen molar-refractivity contribution in [3.8, 4) is 0 Å². The second-order valence-corrected chi connectivity index (χ2v) is 7.02. The Morgan fingerprint density at radius 3 is 2.38 bits per heavy atom. The molecule has 0 aromatic heterocycles. The molecule has 0 unspecified atom stereocenters. The molecule has 1 fully saturated rings. The number of non-ortho nitro benzene ring substituents is 1. The van der Waals surface area contributed by atoms with Crippen molar-refractivity contribution in [1.82, 2.24) is 5.32 Å². The molecular weight excluding hydrogens is 374 g/mol. The SMILES string of the molecule is O=C(C[NH+]1CCC(NC(=O)Nc2ccccc2)CC1)Nc1cccc([N+](=O)[O-])c1. The number of urea groups is 1. The Labute approximate surface area is 168 Å². The Balaban J connectivity index is 1.40. The van der Waals surface area contributed by atoms with Crippen molar-refractivity contribution in [3.05, 3.63) is 64.7 Å². The van der Waals surface area contributed by atoms with E-state index in [0.29, 0.717) is 5.69 Å². The van der Waals surface area contributed by atoms with Gasteiger partial charge < -0.3 is 20.9 Å². The summed E-state index contributed by atoms with van der Waals surface area (Å²) >= 11 is 0. The predicted molar refractivity (Wildman–Crippen MR) is 109 cm³/mol. The van der Waals surface area contributed by atoms with Gasteiger partial charge in [-0.25, -0.2) is 4.79 Å². The Morgan fingerprint density at radius 2 is 1.69 bits per heavy atom. The first-order chi connectivity index (χ1) is 14.0. The number of para-hydroxylation sites is 1. The lowest BCUT2D eigenvalue weighted by atomic mass is 10.1. The molecule has 2 aromatic carbocycles. The summed E-state index contributed by atoms with van der Waals surface area (Å²) in [6.45, 7) is 1.81. The standard InChI is InChI=1S/C20H23N5O4/c26-19(21-17-7-4-8-18(13-17)25(28)29)14-24-11-9-16(10-12-24)23-20(27)22-15-5-2-1-3-6-15/h1-8,13,16H,9-12,14H2,(H,21,26)(H2,22,23,27)/p+1. The van der Waals surface area contributed by atoms with Crippen LogP contribution in [0.2, 0.25) is 0 Å². The molecular formula is C20H24N5O4+. The van der Waals surface area contributed by atoms with E-state index in [-0.39, 0.29) is 30.2 Å². The summed E-state index contributed by atoms with van der Waals surface area (Å²) in [5, 5.41) is 19.3. The third-order valence-corrected chi connectivity index (χ3v) is 4.81. The van der Waals surface area contributed by atoms with Crippen molar-refractivity contribution in [2.75, 3.05) is 30.3 Å². The van der Waals surface area contributed by atoms with Gasteiger partial charge in [0, 0.05) is 42.4 Å². The van der Waals surface area contributed by atoms with Crippen molar-refractivity contribution >= 4 is 29.0 Å². The second-order valence-electron chi connectivity index (χ2n) is 7.02. The maximum Gasteiger partial charge on any atom is 0.319 e. The van der Waals surface area contributed by atoms with Crippen molar-refractivity contribution < 1.29 is 19.4 Å². The molecule has 3 amide bonds. The molecule has 9 heteroatoms. The average Bonchev–Trinajstić information content (AvgIpc) is 2.70. The fourth-order valence-electron chi connectivity index (χ4n) is 3.35. The molecule has 0 radical (unpaired) electrons. The first kappa shape index (κ1) is 20.3. The zero-order chi connectivity index (χ0) is 20.6. The minimum absolute atomic E-state index is 0.0594. The number of hydrogen-bond donors (Lipinski definition) is 4. The molecule has 152 valence electrons. The van der Waals surface area contributed by atoms with Crippen LogP contribution >= 0.6 is 0 Å². The highest BCUT2D eigenvalue weighted by atomic mass is 16.6. The van der Waals surface area contributed by atoms with E-state index in [4.69, 9.17) is 0 Å². The van der Waals surface area contributed by atoms with Gasteiger partial charge in [-0.1, -0.05) is 24.3 Å². The van der Waals surface area contributed by atoms with Gasteiger partial charge in [-0.3, -0.25) is 14.9 Å². The number of nitro benzene ring substituents is 1. The summed E-state index contributed by atoms with van der Waals surface area (Å²) in [4.78, 5) is 35.8. The van der Waals surface area contributed by atoms with Gasteiger partial charge >= 0.3 is 6.03 Å². The number of anilines is 2. The molecule has 1 aliphatic heterocycles. The lowest BCUT2D eigenvalue weighted by Gasteiger charge is -2.29. The third-order valence-electron chi connectivity index (χ3n) is 4.81. The lowest BCUT2D eigenvalue weighted by molar-refractivity contribution is -0.897. The largest absolute Gasteiger partial charge is 0.335 e. The summed E-state index contributed by atoms with van der Waals surface area (Å²) in [6.07, 6.45) is 1.56. The summed E-state index contributed by atoms with van der Waals surface area (Å²) < 4.78 is 0. The molecule has 0 spiro atoms. The molecule has 1 aliphatic rings. The summed E-state index contributed by atoms with van der Waals surface area (Å²) in [7, 11) is 0. The third kappa shape index (κ3) is 6.28. The van der Waals surface area contributed by atoms with E-state index in [9.17, 15) is 19.7 Å². The van der Waals surface area contributed by atoms with E-state index in [1.165, 1.54) is 18.2 Å². The van der Waals surface area contributed by atoms with Crippen LogP contribution in [0.4, 0.5) is 21.9 Å². The van der Waals surface area contributed by atoms with Crippen molar-refractivity contribution in [1.29, 1.82) is 0 Å². The van der Waals surface area contributed by atoms with Gasteiger partial charge in [-0.05, 0) is 18.2 Å². The van der Waals surface area contributed by atoms with Crippen LogP contribution < -0.4 is 20.9 Å². The number of amides is 3.